The zero-order chi connectivity index (χ0) is 14.7. The number of carbonyl (C=O) groups is 2. The van der Waals surface area contributed by atoms with Gasteiger partial charge in [0.2, 0.25) is 5.91 Å². The van der Waals surface area contributed by atoms with Crippen molar-refractivity contribution in [3.05, 3.63) is 45.9 Å². The summed E-state index contributed by atoms with van der Waals surface area (Å²) >= 11 is 1.38. The molecule has 2 rings (SSSR count). The molecular formula is C14H13FN2O2S. The van der Waals surface area contributed by atoms with Crippen LogP contribution in [0, 0.1) is 12.7 Å². The van der Waals surface area contributed by atoms with E-state index in [1.54, 1.807) is 6.07 Å². The van der Waals surface area contributed by atoms with Crippen LogP contribution < -0.4 is 10.6 Å². The van der Waals surface area contributed by atoms with Crippen LogP contribution in [0.2, 0.25) is 0 Å². The van der Waals surface area contributed by atoms with Crippen LogP contribution in [-0.2, 0) is 4.79 Å². The molecule has 0 unspecified atom stereocenters. The predicted molar refractivity (Wildman–Crippen MR) is 77.7 cm³/mol. The van der Waals surface area contributed by atoms with E-state index < -0.39 is 5.82 Å². The van der Waals surface area contributed by atoms with E-state index in [1.165, 1.54) is 36.5 Å². The molecule has 0 aliphatic rings. The zero-order valence-corrected chi connectivity index (χ0v) is 11.8. The van der Waals surface area contributed by atoms with Gasteiger partial charge in [-0.1, -0.05) is 0 Å². The first-order valence-electron chi connectivity index (χ1n) is 5.90. The summed E-state index contributed by atoms with van der Waals surface area (Å²) in [5.41, 5.74) is 0.462. The molecule has 1 heterocycles. The van der Waals surface area contributed by atoms with Crippen LogP contribution in [0.25, 0.3) is 0 Å². The lowest BCUT2D eigenvalue weighted by atomic mass is 10.2. The van der Waals surface area contributed by atoms with E-state index in [4.69, 9.17) is 0 Å². The molecule has 104 valence electrons. The molecule has 2 aromatic rings. The summed E-state index contributed by atoms with van der Waals surface area (Å²) in [5.74, 6) is -1.19. The van der Waals surface area contributed by atoms with Gasteiger partial charge in [-0.25, -0.2) is 4.39 Å². The first-order valence-corrected chi connectivity index (χ1v) is 6.72. The van der Waals surface area contributed by atoms with Gasteiger partial charge in [-0.05, 0) is 37.3 Å². The third-order valence-electron chi connectivity index (χ3n) is 2.50. The van der Waals surface area contributed by atoms with E-state index in [0.29, 0.717) is 10.6 Å². The fraction of sp³-hybridized carbons (Fsp3) is 0.143. The normalized spacial score (nSPS) is 10.2. The summed E-state index contributed by atoms with van der Waals surface area (Å²) in [6.45, 7) is 3.20. The Bertz CT molecular complexity index is 667. The Morgan fingerprint density at radius 1 is 1.15 bits per heavy atom. The third kappa shape index (κ3) is 3.42. The smallest absolute Gasteiger partial charge is 0.265 e. The summed E-state index contributed by atoms with van der Waals surface area (Å²) in [5, 5.41) is 5.03. The van der Waals surface area contributed by atoms with E-state index in [0.717, 1.165) is 4.88 Å². The number of anilines is 2. The maximum Gasteiger partial charge on any atom is 0.265 e. The summed E-state index contributed by atoms with van der Waals surface area (Å²) in [6, 6.07) is 7.61. The van der Waals surface area contributed by atoms with Gasteiger partial charge in [-0.3, -0.25) is 9.59 Å². The number of nitrogens with one attached hydrogen (secondary N) is 2. The van der Waals surface area contributed by atoms with Gasteiger partial charge in [0.05, 0.1) is 10.6 Å². The predicted octanol–water partition coefficient (Wildman–Crippen LogP) is 3.41. The minimum absolute atomic E-state index is 0.0395. The van der Waals surface area contributed by atoms with Crippen LogP contribution in [-0.4, -0.2) is 11.8 Å². The molecule has 20 heavy (non-hydrogen) atoms. The van der Waals surface area contributed by atoms with Gasteiger partial charge in [0.25, 0.3) is 5.91 Å². The summed E-state index contributed by atoms with van der Waals surface area (Å²) in [6.07, 6.45) is 0. The number of hydrogen-bond acceptors (Lipinski definition) is 3. The maximum absolute atomic E-state index is 13.5. The lowest BCUT2D eigenvalue weighted by Crippen LogP contribution is -2.12. The monoisotopic (exact) mass is 292 g/mol. The van der Waals surface area contributed by atoms with Crippen molar-refractivity contribution in [3.8, 4) is 0 Å². The SMILES string of the molecule is CC(=O)Nc1cc(NC(=O)c2ccc(C)s2)ccc1F. The topological polar surface area (TPSA) is 58.2 Å². The quantitative estimate of drug-likeness (QED) is 0.910. The fourth-order valence-electron chi connectivity index (χ4n) is 1.64. The number of hydrogen-bond donors (Lipinski definition) is 2. The van der Waals surface area contributed by atoms with Crippen molar-refractivity contribution in [3.63, 3.8) is 0 Å². The Morgan fingerprint density at radius 2 is 1.90 bits per heavy atom. The molecule has 4 nitrogen and oxygen atoms in total. The van der Waals surface area contributed by atoms with Crippen molar-refractivity contribution < 1.29 is 14.0 Å². The number of carbonyl (C=O) groups excluding carboxylic acids is 2. The molecule has 1 aromatic carbocycles. The number of rotatable bonds is 3. The summed E-state index contributed by atoms with van der Waals surface area (Å²) in [4.78, 5) is 24.5. The number of halogens is 1. The van der Waals surface area contributed by atoms with Gasteiger partial charge in [-0.2, -0.15) is 0 Å². The molecule has 6 heteroatoms. The molecule has 0 spiro atoms. The molecule has 0 saturated carbocycles. The Hall–Kier alpha value is -2.21. The molecule has 0 fully saturated rings. The van der Waals surface area contributed by atoms with Crippen molar-refractivity contribution >= 4 is 34.5 Å². The molecule has 0 aliphatic heterocycles. The van der Waals surface area contributed by atoms with Gasteiger partial charge < -0.3 is 10.6 Å². The summed E-state index contributed by atoms with van der Waals surface area (Å²) < 4.78 is 13.5. The minimum Gasteiger partial charge on any atom is -0.324 e. The van der Waals surface area contributed by atoms with Gasteiger partial charge >= 0.3 is 0 Å². The average Bonchev–Trinajstić information content (AvgIpc) is 2.79. The second kappa shape index (κ2) is 5.83. The van der Waals surface area contributed by atoms with Crippen LogP contribution in [0.5, 0.6) is 0 Å². The number of thiophene rings is 1. The largest absolute Gasteiger partial charge is 0.324 e. The first kappa shape index (κ1) is 14.2. The van der Waals surface area contributed by atoms with E-state index >= 15 is 0 Å². The Morgan fingerprint density at radius 3 is 2.50 bits per heavy atom. The second-order valence-electron chi connectivity index (χ2n) is 4.24. The van der Waals surface area contributed by atoms with Crippen LogP contribution in [0.15, 0.2) is 30.3 Å². The van der Waals surface area contributed by atoms with Crippen molar-refractivity contribution in [1.82, 2.24) is 0 Å². The molecule has 0 saturated heterocycles. The van der Waals surface area contributed by atoms with Gasteiger partial charge in [0, 0.05) is 17.5 Å². The van der Waals surface area contributed by atoms with Gasteiger partial charge in [-0.15, -0.1) is 11.3 Å². The highest BCUT2D eigenvalue weighted by molar-refractivity contribution is 7.14. The van der Waals surface area contributed by atoms with Crippen molar-refractivity contribution in [2.75, 3.05) is 10.6 Å². The van der Waals surface area contributed by atoms with Crippen molar-refractivity contribution in [2.24, 2.45) is 0 Å². The minimum atomic E-state index is -0.551. The lowest BCUT2D eigenvalue weighted by molar-refractivity contribution is -0.114. The number of amides is 2. The van der Waals surface area contributed by atoms with Crippen LogP contribution >= 0.6 is 11.3 Å². The fourth-order valence-corrected chi connectivity index (χ4v) is 2.40. The lowest BCUT2D eigenvalue weighted by Gasteiger charge is -2.08. The molecule has 0 atom stereocenters. The highest BCUT2D eigenvalue weighted by Crippen LogP contribution is 2.21. The van der Waals surface area contributed by atoms with Crippen LogP contribution in [0.4, 0.5) is 15.8 Å². The first-order chi connectivity index (χ1) is 9.45. The van der Waals surface area contributed by atoms with Crippen molar-refractivity contribution in [1.29, 1.82) is 0 Å². The Kier molecular flexibility index (Phi) is 4.14. The Balaban J connectivity index is 2.17. The molecule has 2 N–H and O–H groups in total. The van der Waals surface area contributed by atoms with E-state index in [1.807, 2.05) is 13.0 Å². The van der Waals surface area contributed by atoms with Crippen molar-refractivity contribution in [2.45, 2.75) is 13.8 Å². The second-order valence-corrected chi connectivity index (χ2v) is 5.53. The third-order valence-corrected chi connectivity index (χ3v) is 3.50. The highest BCUT2D eigenvalue weighted by Gasteiger charge is 2.10. The van der Waals surface area contributed by atoms with E-state index in [-0.39, 0.29) is 17.5 Å². The molecule has 0 aliphatic carbocycles. The maximum atomic E-state index is 13.5. The molecule has 2 amide bonds. The number of aryl methyl sites for hydroxylation is 1. The standard InChI is InChI=1S/C14H13FN2O2S/c1-8-3-6-13(20-8)14(19)17-10-4-5-11(15)12(7-10)16-9(2)18/h3-7H,1-2H3,(H,16,18)(H,17,19). The van der Waals surface area contributed by atoms with Gasteiger partial charge in [0.1, 0.15) is 5.82 Å². The van der Waals surface area contributed by atoms with E-state index in [9.17, 15) is 14.0 Å². The molecule has 0 bridgehead atoms. The van der Waals surface area contributed by atoms with Crippen LogP contribution in [0.3, 0.4) is 0 Å². The zero-order valence-electron chi connectivity index (χ0n) is 11.0. The van der Waals surface area contributed by atoms with E-state index in [2.05, 4.69) is 10.6 Å². The molecule has 1 aromatic heterocycles. The molecular weight excluding hydrogens is 279 g/mol. The highest BCUT2D eigenvalue weighted by atomic mass is 32.1. The summed E-state index contributed by atoms with van der Waals surface area (Å²) in [7, 11) is 0. The Labute approximate surface area is 119 Å². The average molecular weight is 292 g/mol. The number of benzene rings is 1. The van der Waals surface area contributed by atoms with Gasteiger partial charge in [0.15, 0.2) is 0 Å². The van der Waals surface area contributed by atoms with Crippen LogP contribution in [0.1, 0.15) is 21.5 Å². The molecule has 0 radical (unpaired) electrons.